The molecular formula is C15H24ClNO. The first kappa shape index (κ1) is 15.5. The lowest BCUT2D eigenvalue weighted by Crippen LogP contribution is -2.41. The van der Waals surface area contributed by atoms with Crippen LogP contribution in [-0.4, -0.2) is 25.8 Å². The van der Waals surface area contributed by atoms with E-state index in [4.69, 9.17) is 16.3 Å². The van der Waals surface area contributed by atoms with E-state index >= 15 is 0 Å². The monoisotopic (exact) mass is 269 g/mol. The van der Waals surface area contributed by atoms with Gasteiger partial charge in [-0.1, -0.05) is 37.1 Å². The maximum Gasteiger partial charge on any atom is 0.0730 e. The van der Waals surface area contributed by atoms with E-state index < -0.39 is 0 Å². The van der Waals surface area contributed by atoms with Crippen LogP contribution in [0, 0.1) is 0 Å². The highest BCUT2D eigenvalue weighted by molar-refractivity contribution is 6.30. The first-order valence-electron chi connectivity index (χ1n) is 6.74. The average Bonchev–Trinajstić information content (AvgIpc) is 2.36. The molecule has 1 N–H and O–H groups in total. The molecule has 0 fully saturated rings. The van der Waals surface area contributed by atoms with Crippen molar-refractivity contribution in [1.82, 2.24) is 5.32 Å². The molecule has 0 saturated heterocycles. The summed E-state index contributed by atoms with van der Waals surface area (Å²) in [7, 11) is 2.00. The number of benzene rings is 1. The molecule has 0 aliphatic rings. The number of hydrogen-bond acceptors (Lipinski definition) is 2. The summed E-state index contributed by atoms with van der Waals surface area (Å²) in [6.07, 6.45) is 3.43. The summed E-state index contributed by atoms with van der Waals surface area (Å²) in [6, 6.07) is 8.39. The van der Waals surface area contributed by atoms with Gasteiger partial charge in [0.25, 0.3) is 0 Å². The van der Waals surface area contributed by atoms with Crippen LogP contribution in [0.1, 0.15) is 32.3 Å². The third-order valence-electron chi connectivity index (χ3n) is 3.12. The molecule has 1 rings (SSSR count). The molecule has 0 heterocycles. The molecule has 0 radical (unpaired) electrons. The largest absolute Gasteiger partial charge is 0.377 e. The Morgan fingerprint density at radius 1 is 1.33 bits per heavy atom. The lowest BCUT2D eigenvalue weighted by Gasteiger charge is -2.26. The van der Waals surface area contributed by atoms with Crippen LogP contribution in [-0.2, 0) is 11.2 Å². The zero-order valence-electron chi connectivity index (χ0n) is 11.6. The summed E-state index contributed by atoms with van der Waals surface area (Å²) >= 11 is 6.02. The first-order valence-corrected chi connectivity index (χ1v) is 7.12. The SMILES string of the molecule is CCCC(OCC)C(Cc1cccc(Cl)c1)NC. The fourth-order valence-electron chi connectivity index (χ4n) is 2.24. The minimum atomic E-state index is 0.268. The molecule has 2 unspecified atom stereocenters. The summed E-state index contributed by atoms with van der Waals surface area (Å²) in [4.78, 5) is 0. The van der Waals surface area contributed by atoms with Crippen molar-refractivity contribution in [3.05, 3.63) is 34.9 Å². The quantitative estimate of drug-likeness (QED) is 0.777. The van der Waals surface area contributed by atoms with Crippen LogP contribution in [0.3, 0.4) is 0 Å². The predicted octanol–water partition coefficient (Wildman–Crippen LogP) is 3.68. The molecule has 2 nitrogen and oxygen atoms in total. The Bertz CT molecular complexity index is 337. The van der Waals surface area contributed by atoms with Gasteiger partial charge in [-0.15, -0.1) is 0 Å². The van der Waals surface area contributed by atoms with Crippen LogP contribution < -0.4 is 5.32 Å². The van der Waals surface area contributed by atoms with Crippen LogP contribution in [0.15, 0.2) is 24.3 Å². The molecule has 18 heavy (non-hydrogen) atoms. The predicted molar refractivity (Wildman–Crippen MR) is 78.3 cm³/mol. The molecule has 0 bridgehead atoms. The van der Waals surface area contributed by atoms with Gasteiger partial charge in [0.1, 0.15) is 0 Å². The summed E-state index contributed by atoms with van der Waals surface area (Å²) in [5.74, 6) is 0. The Hall–Kier alpha value is -0.570. The highest BCUT2D eigenvalue weighted by atomic mass is 35.5. The molecule has 0 aliphatic carbocycles. The smallest absolute Gasteiger partial charge is 0.0730 e. The zero-order chi connectivity index (χ0) is 13.4. The second-order valence-corrected chi connectivity index (χ2v) is 4.95. The van der Waals surface area contributed by atoms with Gasteiger partial charge in [-0.2, -0.15) is 0 Å². The Labute approximate surface area is 116 Å². The molecule has 1 aromatic rings. The minimum absolute atomic E-state index is 0.268. The first-order chi connectivity index (χ1) is 8.71. The lowest BCUT2D eigenvalue weighted by atomic mass is 9.98. The maximum atomic E-state index is 6.02. The van der Waals surface area contributed by atoms with Crippen LogP contribution >= 0.6 is 11.6 Å². The van der Waals surface area contributed by atoms with Gasteiger partial charge in [0.2, 0.25) is 0 Å². The van der Waals surface area contributed by atoms with Crippen molar-refractivity contribution < 1.29 is 4.74 Å². The topological polar surface area (TPSA) is 21.3 Å². The summed E-state index contributed by atoms with van der Waals surface area (Å²) in [5.41, 5.74) is 1.25. The lowest BCUT2D eigenvalue weighted by molar-refractivity contribution is 0.0301. The van der Waals surface area contributed by atoms with E-state index in [1.54, 1.807) is 0 Å². The molecule has 0 spiro atoms. The van der Waals surface area contributed by atoms with Crippen molar-refractivity contribution in [3.8, 4) is 0 Å². The second kappa shape index (κ2) is 8.52. The van der Waals surface area contributed by atoms with Crippen LogP contribution in [0.5, 0.6) is 0 Å². The van der Waals surface area contributed by atoms with Gasteiger partial charge in [0, 0.05) is 17.7 Å². The van der Waals surface area contributed by atoms with Gasteiger partial charge in [0.05, 0.1) is 6.10 Å². The van der Waals surface area contributed by atoms with Crippen molar-refractivity contribution in [1.29, 1.82) is 0 Å². The molecule has 3 heteroatoms. The Morgan fingerprint density at radius 2 is 2.11 bits per heavy atom. The van der Waals surface area contributed by atoms with Crippen LogP contribution in [0.25, 0.3) is 0 Å². The average molecular weight is 270 g/mol. The molecule has 2 atom stereocenters. The number of nitrogens with one attached hydrogen (secondary N) is 1. The van der Waals surface area contributed by atoms with E-state index in [1.165, 1.54) is 5.56 Å². The summed E-state index contributed by atoms with van der Waals surface area (Å²) in [6.45, 7) is 5.01. The van der Waals surface area contributed by atoms with Crippen LogP contribution in [0.2, 0.25) is 5.02 Å². The fraction of sp³-hybridized carbons (Fsp3) is 0.600. The number of ether oxygens (including phenoxy) is 1. The van der Waals surface area contributed by atoms with E-state index in [0.717, 1.165) is 30.9 Å². The van der Waals surface area contributed by atoms with Gasteiger partial charge in [-0.05, 0) is 44.5 Å². The number of halogens is 1. The van der Waals surface area contributed by atoms with E-state index in [2.05, 4.69) is 25.2 Å². The molecule has 102 valence electrons. The highest BCUT2D eigenvalue weighted by Crippen LogP contribution is 2.16. The van der Waals surface area contributed by atoms with E-state index in [1.807, 2.05) is 25.2 Å². The van der Waals surface area contributed by atoms with Crippen molar-refractivity contribution in [2.45, 2.75) is 45.3 Å². The van der Waals surface area contributed by atoms with Crippen molar-refractivity contribution in [2.24, 2.45) is 0 Å². The van der Waals surface area contributed by atoms with E-state index in [0.29, 0.717) is 6.04 Å². The van der Waals surface area contributed by atoms with E-state index in [-0.39, 0.29) is 6.10 Å². The third-order valence-corrected chi connectivity index (χ3v) is 3.35. The van der Waals surface area contributed by atoms with Crippen molar-refractivity contribution in [2.75, 3.05) is 13.7 Å². The van der Waals surface area contributed by atoms with Crippen molar-refractivity contribution >= 4 is 11.6 Å². The van der Waals surface area contributed by atoms with Gasteiger partial charge in [-0.25, -0.2) is 0 Å². The van der Waals surface area contributed by atoms with Crippen molar-refractivity contribution in [3.63, 3.8) is 0 Å². The maximum absolute atomic E-state index is 6.02. The Balaban J connectivity index is 2.69. The standard InChI is InChI=1S/C15H24ClNO/c1-4-7-15(18-5-2)14(17-3)11-12-8-6-9-13(16)10-12/h6,8-10,14-15,17H,4-5,7,11H2,1-3H3. The van der Waals surface area contributed by atoms with Gasteiger partial charge >= 0.3 is 0 Å². The fourth-order valence-corrected chi connectivity index (χ4v) is 2.45. The molecule has 1 aromatic carbocycles. The molecule has 0 aliphatic heterocycles. The molecule has 0 aromatic heterocycles. The van der Waals surface area contributed by atoms with Crippen LogP contribution in [0.4, 0.5) is 0 Å². The normalized spacial score (nSPS) is 14.4. The Morgan fingerprint density at radius 3 is 2.67 bits per heavy atom. The molecule has 0 amide bonds. The number of hydrogen-bond donors (Lipinski definition) is 1. The third kappa shape index (κ3) is 4.97. The number of likely N-dealkylation sites (N-methyl/N-ethyl adjacent to an activating group) is 1. The van der Waals surface area contributed by atoms with Gasteiger partial charge in [0.15, 0.2) is 0 Å². The second-order valence-electron chi connectivity index (χ2n) is 4.51. The highest BCUT2D eigenvalue weighted by Gasteiger charge is 2.19. The summed E-state index contributed by atoms with van der Waals surface area (Å²) < 4.78 is 5.84. The zero-order valence-corrected chi connectivity index (χ0v) is 12.3. The molecular weight excluding hydrogens is 246 g/mol. The van der Waals surface area contributed by atoms with Gasteiger partial charge in [-0.3, -0.25) is 0 Å². The summed E-state index contributed by atoms with van der Waals surface area (Å²) in [5, 5.41) is 4.17. The minimum Gasteiger partial charge on any atom is -0.377 e. The number of rotatable bonds is 8. The van der Waals surface area contributed by atoms with E-state index in [9.17, 15) is 0 Å². The molecule has 0 saturated carbocycles. The Kier molecular flexibility index (Phi) is 7.33. The van der Waals surface area contributed by atoms with Gasteiger partial charge < -0.3 is 10.1 Å².